The van der Waals surface area contributed by atoms with Crippen LogP contribution in [0.1, 0.15) is 12.8 Å². The fourth-order valence-corrected chi connectivity index (χ4v) is 4.82. The number of hydrogen-bond acceptors (Lipinski definition) is 5. The van der Waals surface area contributed by atoms with Crippen LogP contribution in [0.5, 0.6) is 0 Å². The number of aliphatic carboxylic acids is 1. The molecule has 2 aromatic rings. The quantitative estimate of drug-likeness (QED) is 0.779. The van der Waals surface area contributed by atoms with E-state index in [4.69, 9.17) is 0 Å². The van der Waals surface area contributed by atoms with Gasteiger partial charge in [-0.1, -0.05) is 0 Å². The summed E-state index contributed by atoms with van der Waals surface area (Å²) in [6.07, 6.45) is 0.707. The van der Waals surface area contributed by atoms with Gasteiger partial charge in [0, 0.05) is 20.6 Å². The van der Waals surface area contributed by atoms with E-state index in [0.717, 1.165) is 8.87 Å². The van der Waals surface area contributed by atoms with Crippen molar-refractivity contribution in [2.45, 2.75) is 23.8 Å². The van der Waals surface area contributed by atoms with Gasteiger partial charge in [-0.05, 0) is 31.0 Å². The van der Waals surface area contributed by atoms with E-state index in [1.807, 2.05) is 0 Å². The van der Waals surface area contributed by atoms with E-state index in [-0.39, 0.29) is 23.2 Å². The number of carboxylic acids is 1. The molecule has 1 aromatic heterocycles. The predicted octanol–water partition coefficient (Wildman–Crippen LogP) is -0.525. The molecule has 1 fully saturated rings. The van der Waals surface area contributed by atoms with Crippen molar-refractivity contribution < 1.29 is 18.3 Å². The van der Waals surface area contributed by atoms with Gasteiger partial charge in [0.15, 0.2) is 0 Å². The van der Waals surface area contributed by atoms with Crippen LogP contribution in [0.3, 0.4) is 0 Å². The van der Waals surface area contributed by atoms with Gasteiger partial charge in [0.25, 0.3) is 5.56 Å². The summed E-state index contributed by atoms with van der Waals surface area (Å²) in [5, 5.41) is 9.30. The zero-order chi connectivity index (χ0) is 18.5. The summed E-state index contributed by atoms with van der Waals surface area (Å²) in [5.41, 5.74) is -0.812. The molecule has 0 bridgehead atoms. The van der Waals surface area contributed by atoms with Gasteiger partial charge in [0.1, 0.15) is 6.04 Å². The van der Waals surface area contributed by atoms with E-state index in [1.165, 1.54) is 36.9 Å². The zero-order valence-corrected chi connectivity index (χ0v) is 14.5. The average Bonchev–Trinajstić information content (AvgIpc) is 3.08. The highest BCUT2D eigenvalue weighted by atomic mass is 32.2. The summed E-state index contributed by atoms with van der Waals surface area (Å²) in [5.74, 6) is -1.19. The number of aryl methyl sites for hydroxylation is 1. The third-order valence-corrected chi connectivity index (χ3v) is 6.44. The molecule has 1 N–H and O–H groups in total. The number of hydrogen-bond donors (Lipinski definition) is 1. The Kier molecular flexibility index (Phi) is 4.04. The fraction of sp³-hybridized carbons (Fsp3) is 0.400. The first-order valence-electron chi connectivity index (χ1n) is 7.60. The second kappa shape index (κ2) is 5.81. The van der Waals surface area contributed by atoms with E-state index in [0.29, 0.717) is 11.9 Å². The molecular weight excluding hydrogens is 350 g/mol. The molecule has 10 heteroatoms. The van der Waals surface area contributed by atoms with Gasteiger partial charge in [0.2, 0.25) is 10.0 Å². The van der Waals surface area contributed by atoms with Gasteiger partial charge in [-0.3, -0.25) is 18.7 Å². The van der Waals surface area contributed by atoms with Gasteiger partial charge >= 0.3 is 11.7 Å². The number of nitrogens with zero attached hydrogens (tertiary/aromatic N) is 3. The molecule has 2 heterocycles. The molecule has 25 heavy (non-hydrogen) atoms. The molecular formula is C15H17N3O6S. The lowest BCUT2D eigenvalue weighted by Crippen LogP contribution is -2.40. The highest BCUT2D eigenvalue weighted by Crippen LogP contribution is 2.27. The van der Waals surface area contributed by atoms with Gasteiger partial charge in [-0.25, -0.2) is 13.2 Å². The van der Waals surface area contributed by atoms with Crippen molar-refractivity contribution in [3.8, 4) is 0 Å². The second-order valence-corrected chi connectivity index (χ2v) is 7.89. The van der Waals surface area contributed by atoms with Crippen molar-refractivity contribution in [2.24, 2.45) is 14.1 Å². The number of carbonyl (C=O) groups is 1. The van der Waals surface area contributed by atoms with Crippen molar-refractivity contribution in [1.82, 2.24) is 13.4 Å². The van der Waals surface area contributed by atoms with Crippen molar-refractivity contribution in [3.63, 3.8) is 0 Å². The monoisotopic (exact) mass is 367 g/mol. The molecule has 3 rings (SSSR count). The van der Waals surface area contributed by atoms with Gasteiger partial charge in [-0.2, -0.15) is 4.31 Å². The molecule has 0 spiro atoms. The first-order chi connectivity index (χ1) is 11.7. The summed E-state index contributed by atoms with van der Waals surface area (Å²) in [6.45, 7) is 0.114. The fourth-order valence-electron chi connectivity index (χ4n) is 3.15. The largest absolute Gasteiger partial charge is 0.480 e. The Labute approximate surface area is 142 Å². The Hall–Kier alpha value is -2.46. The maximum absolute atomic E-state index is 12.8. The number of sulfonamides is 1. The summed E-state index contributed by atoms with van der Waals surface area (Å²) in [4.78, 5) is 35.4. The maximum atomic E-state index is 12.8. The molecule has 0 radical (unpaired) electrons. The lowest BCUT2D eigenvalue weighted by Gasteiger charge is -2.21. The minimum Gasteiger partial charge on any atom is -0.480 e. The van der Waals surface area contributed by atoms with Crippen LogP contribution >= 0.6 is 0 Å². The van der Waals surface area contributed by atoms with Gasteiger partial charge in [0.05, 0.1) is 15.8 Å². The first-order valence-corrected chi connectivity index (χ1v) is 9.04. The smallest absolute Gasteiger partial charge is 0.330 e. The molecule has 134 valence electrons. The van der Waals surface area contributed by atoms with Crippen LogP contribution in [-0.2, 0) is 28.9 Å². The molecule has 1 aliphatic heterocycles. The summed E-state index contributed by atoms with van der Waals surface area (Å²) >= 11 is 0. The van der Waals surface area contributed by atoms with Gasteiger partial charge < -0.3 is 5.11 Å². The van der Waals surface area contributed by atoms with Crippen LogP contribution in [0.15, 0.2) is 32.7 Å². The third-order valence-electron chi connectivity index (χ3n) is 4.53. The summed E-state index contributed by atoms with van der Waals surface area (Å²) in [7, 11) is -1.26. The molecule has 1 saturated heterocycles. The molecule has 1 atom stereocenters. The Morgan fingerprint density at radius 1 is 1.20 bits per heavy atom. The van der Waals surface area contributed by atoms with Crippen LogP contribution in [0.25, 0.3) is 10.9 Å². The average molecular weight is 367 g/mol. The van der Waals surface area contributed by atoms with Crippen molar-refractivity contribution >= 4 is 26.9 Å². The minimum absolute atomic E-state index is 0.0803. The number of fused-ring (bicyclic) bond motifs is 1. The minimum atomic E-state index is -4.06. The molecule has 1 unspecified atom stereocenters. The Bertz CT molecular complexity index is 1100. The normalized spacial score (nSPS) is 18.7. The second-order valence-electron chi connectivity index (χ2n) is 6.00. The zero-order valence-electron chi connectivity index (χ0n) is 13.7. The van der Waals surface area contributed by atoms with E-state index in [1.54, 1.807) is 0 Å². The molecule has 1 aromatic carbocycles. The molecule has 0 saturated carbocycles. The standard InChI is InChI=1S/C15H17N3O6S/c1-16-11-6-5-9(8-10(11)13(19)17(2)15(16)22)25(23,24)18-7-3-4-12(18)14(20)21/h5-6,8,12H,3-4,7H2,1-2H3,(H,20,21). The van der Waals surface area contributed by atoms with Crippen LogP contribution in [0.4, 0.5) is 0 Å². The highest BCUT2D eigenvalue weighted by Gasteiger charge is 2.39. The Morgan fingerprint density at radius 2 is 1.88 bits per heavy atom. The number of carboxylic acid groups (broad SMARTS) is 1. The summed E-state index contributed by atoms with van der Waals surface area (Å²) < 4.78 is 28.8. The lowest BCUT2D eigenvalue weighted by molar-refractivity contribution is -0.140. The Balaban J connectivity index is 2.21. The van der Waals surface area contributed by atoms with Crippen molar-refractivity contribution in [3.05, 3.63) is 39.0 Å². The molecule has 0 aliphatic carbocycles. The van der Waals surface area contributed by atoms with Gasteiger partial charge in [-0.15, -0.1) is 0 Å². The molecule has 9 nitrogen and oxygen atoms in total. The van der Waals surface area contributed by atoms with Crippen LogP contribution in [0, 0.1) is 0 Å². The maximum Gasteiger partial charge on any atom is 0.330 e. The van der Waals surface area contributed by atoms with E-state index in [2.05, 4.69) is 0 Å². The molecule has 0 amide bonds. The van der Waals surface area contributed by atoms with Crippen LogP contribution in [-0.4, -0.2) is 45.5 Å². The number of rotatable bonds is 3. The third kappa shape index (κ3) is 2.57. The lowest BCUT2D eigenvalue weighted by atomic mass is 10.2. The van der Waals surface area contributed by atoms with E-state index >= 15 is 0 Å². The Morgan fingerprint density at radius 3 is 2.52 bits per heavy atom. The first kappa shape index (κ1) is 17.4. The molecule has 1 aliphatic rings. The van der Waals surface area contributed by atoms with E-state index in [9.17, 15) is 27.9 Å². The SMILES string of the molecule is Cn1c(=O)c2cc(S(=O)(=O)N3CCCC3C(=O)O)ccc2n(C)c1=O. The number of benzene rings is 1. The predicted molar refractivity (Wildman–Crippen MR) is 89.0 cm³/mol. The van der Waals surface area contributed by atoms with Crippen molar-refractivity contribution in [2.75, 3.05) is 6.54 Å². The summed E-state index contributed by atoms with van der Waals surface area (Å²) in [6, 6.07) is 2.76. The topological polar surface area (TPSA) is 119 Å². The van der Waals surface area contributed by atoms with Crippen molar-refractivity contribution in [1.29, 1.82) is 0 Å². The van der Waals surface area contributed by atoms with Crippen LogP contribution in [0.2, 0.25) is 0 Å². The highest BCUT2D eigenvalue weighted by molar-refractivity contribution is 7.89. The number of aromatic nitrogens is 2. The van der Waals surface area contributed by atoms with E-state index < -0.39 is 33.3 Å². The van der Waals surface area contributed by atoms with Crippen LogP contribution < -0.4 is 11.2 Å².